The highest BCUT2D eigenvalue weighted by Gasteiger charge is 2.35. The number of carbonyl (C=O) groups excluding carboxylic acids is 3. The zero-order valence-corrected chi connectivity index (χ0v) is 17.3. The van der Waals surface area contributed by atoms with Crippen LogP contribution in [0.2, 0.25) is 0 Å². The standard InChI is InChI=1S/C21H23N3O7/c1-21(2,3)31-20(28)22-16(13-25)19(27)23(14-9-5-4-6-10-14)18(26)15-11-7-8-12-17(15)24(29)30/h4-12,16,25H,13H2,1-3H3,(H,22,28)/t16-/m0/s1. The molecule has 0 aromatic heterocycles. The maximum atomic E-state index is 13.2. The molecule has 164 valence electrons. The molecule has 10 nitrogen and oxygen atoms in total. The average molecular weight is 429 g/mol. The summed E-state index contributed by atoms with van der Waals surface area (Å²) in [6.07, 6.45) is -0.967. The van der Waals surface area contributed by atoms with Gasteiger partial charge in [0.05, 0.1) is 17.2 Å². The summed E-state index contributed by atoms with van der Waals surface area (Å²) in [5.74, 6) is -1.96. The van der Waals surface area contributed by atoms with Crippen LogP contribution in [0.1, 0.15) is 31.1 Å². The number of aliphatic hydroxyl groups excluding tert-OH is 1. The Labute approximate surface area is 178 Å². The molecule has 1 atom stereocenters. The Morgan fingerprint density at radius 1 is 1.10 bits per heavy atom. The first-order chi connectivity index (χ1) is 14.5. The maximum absolute atomic E-state index is 13.2. The largest absolute Gasteiger partial charge is 0.444 e. The summed E-state index contributed by atoms with van der Waals surface area (Å²) in [6.45, 7) is 4.04. The summed E-state index contributed by atoms with van der Waals surface area (Å²) < 4.78 is 5.10. The summed E-state index contributed by atoms with van der Waals surface area (Å²) >= 11 is 0. The number of anilines is 1. The van der Waals surface area contributed by atoms with Crippen LogP contribution in [0.25, 0.3) is 0 Å². The van der Waals surface area contributed by atoms with Gasteiger partial charge in [0.1, 0.15) is 17.2 Å². The predicted octanol–water partition coefficient (Wildman–Crippen LogP) is 2.65. The van der Waals surface area contributed by atoms with E-state index in [1.807, 2.05) is 0 Å². The summed E-state index contributed by atoms with van der Waals surface area (Å²) in [4.78, 5) is 49.8. The average Bonchev–Trinajstić information content (AvgIpc) is 2.71. The molecule has 2 N–H and O–H groups in total. The van der Waals surface area contributed by atoms with E-state index in [-0.39, 0.29) is 11.3 Å². The highest BCUT2D eigenvalue weighted by atomic mass is 16.6. The van der Waals surface area contributed by atoms with Crippen LogP contribution in [0.3, 0.4) is 0 Å². The quantitative estimate of drug-likeness (QED) is 0.531. The molecule has 0 aliphatic carbocycles. The molecule has 2 aromatic carbocycles. The lowest BCUT2D eigenvalue weighted by atomic mass is 10.1. The number of imide groups is 1. The fourth-order valence-corrected chi connectivity index (χ4v) is 2.65. The van der Waals surface area contributed by atoms with E-state index in [0.717, 1.165) is 6.07 Å². The number of alkyl carbamates (subject to hydrolysis) is 1. The van der Waals surface area contributed by atoms with E-state index in [1.165, 1.54) is 30.3 Å². The number of benzene rings is 2. The molecule has 0 heterocycles. The van der Waals surface area contributed by atoms with Gasteiger partial charge in [-0.3, -0.25) is 19.7 Å². The first kappa shape index (κ1) is 23.5. The van der Waals surface area contributed by atoms with E-state index in [0.29, 0.717) is 4.90 Å². The number of ether oxygens (including phenoxy) is 1. The van der Waals surface area contributed by atoms with Gasteiger partial charge in [0, 0.05) is 6.07 Å². The van der Waals surface area contributed by atoms with Crippen molar-refractivity contribution in [3.8, 4) is 0 Å². The Bertz CT molecular complexity index is 970. The van der Waals surface area contributed by atoms with Crippen molar-refractivity contribution in [1.29, 1.82) is 0 Å². The van der Waals surface area contributed by atoms with E-state index in [4.69, 9.17) is 4.74 Å². The van der Waals surface area contributed by atoms with Gasteiger partial charge in [0.15, 0.2) is 0 Å². The number of hydrogen-bond acceptors (Lipinski definition) is 7. The summed E-state index contributed by atoms with van der Waals surface area (Å²) in [6, 6.07) is 11.3. The lowest BCUT2D eigenvalue weighted by Gasteiger charge is -2.27. The number of nitrogens with zero attached hydrogens (tertiary/aromatic N) is 2. The Kier molecular flexibility index (Phi) is 7.43. The van der Waals surface area contributed by atoms with Crippen molar-refractivity contribution < 1.29 is 29.2 Å². The van der Waals surface area contributed by atoms with Crippen LogP contribution in [0.15, 0.2) is 54.6 Å². The lowest BCUT2D eigenvalue weighted by molar-refractivity contribution is -0.385. The van der Waals surface area contributed by atoms with E-state index in [2.05, 4.69) is 5.32 Å². The van der Waals surface area contributed by atoms with Crippen molar-refractivity contribution in [3.05, 3.63) is 70.3 Å². The maximum Gasteiger partial charge on any atom is 0.408 e. The van der Waals surface area contributed by atoms with E-state index < -0.39 is 46.8 Å². The van der Waals surface area contributed by atoms with Crippen molar-refractivity contribution in [2.24, 2.45) is 0 Å². The lowest BCUT2D eigenvalue weighted by Crippen LogP contribution is -2.53. The summed E-state index contributed by atoms with van der Waals surface area (Å²) in [7, 11) is 0. The highest BCUT2D eigenvalue weighted by molar-refractivity contribution is 6.23. The SMILES string of the molecule is CC(C)(C)OC(=O)N[C@@H](CO)C(=O)N(C(=O)c1ccccc1[N+](=O)[O-])c1ccccc1. The van der Waals surface area contributed by atoms with Crippen molar-refractivity contribution in [2.75, 3.05) is 11.5 Å². The Morgan fingerprint density at radius 2 is 1.68 bits per heavy atom. The minimum absolute atomic E-state index is 0.111. The first-order valence-electron chi connectivity index (χ1n) is 9.32. The van der Waals surface area contributed by atoms with Crippen molar-refractivity contribution >= 4 is 29.3 Å². The molecule has 0 aliphatic rings. The van der Waals surface area contributed by atoms with Gasteiger partial charge in [0.25, 0.3) is 17.5 Å². The molecule has 3 amide bonds. The first-order valence-corrected chi connectivity index (χ1v) is 9.32. The van der Waals surface area contributed by atoms with Crippen LogP contribution in [-0.2, 0) is 9.53 Å². The van der Waals surface area contributed by atoms with Crippen LogP contribution in [-0.4, -0.2) is 46.2 Å². The summed E-state index contributed by atoms with van der Waals surface area (Å²) in [5.41, 5.74) is -1.55. The van der Waals surface area contributed by atoms with Crippen LogP contribution in [0.5, 0.6) is 0 Å². The second-order valence-corrected chi connectivity index (χ2v) is 7.47. The fourth-order valence-electron chi connectivity index (χ4n) is 2.65. The van der Waals surface area contributed by atoms with E-state index in [1.54, 1.807) is 39.0 Å². The van der Waals surface area contributed by atoms with Gasteiger partial charge in [-0.15, -0.1) is 0 Å². The van der Waals surface area contributed by atoms with Gasteiger partial charge >= 0.3 is 6.09 Å². The molecular weight excluding hydrogens is 406 g/mol. The molecule has 0 aliphatic heterocycles. The molecule has 2 rings (SSSR count). The van der Waals surface area contributed by atoms with Crippen LogP contribution in [0.4, 0.5) is 16.2 Å². The zero-order valence-electron chi connectivity index (χ0n) is 17.3. The molecule has 2 aromatic rings. The smallest absolute Gasteiger partial charge is 0.408 e. The van der Waals surface area contributed by atoms with Crippen molar-refractivity contribution in [2.45, 2.75) is 32.4 Å². The van der Waals surface area contributed by atoms with Crippen LogP contribution < -0.4 is 10.2 Å². The minimum Gasteiger partial charge on any atom is -0.444 e. The fraction of sp³-hybridized carbons (Fsp3) is 0.286. The molecule has 0 unspecified atom stereocenters. The number of aliphatic hydroxyl groups is 1. The number of rotatable bonds is 6. The third-order valence-electron chi connectivity index (χ3n) is 3.94. The topological polar surface area (TPSA) is 139 Å². The number of hydrogen-bond donors (Lipinski definition) is 2. The second kappa shape index (κ2) is 9.81. The molecule has 0 bridgehead atoms. The van der Waals surface area contributed by atoms with Crippen molar-refractivity contribution in [1.82, 2.24) is 5.32 Å². The van der Waals surface area contributed by atoms with Gasteiger partial charge in [-0.05, 0) is 39.0 Å². The second-order valence-electron chi connectivity index (χ2n) is 7.47. The predicted molar refractivity (Wildman–Crippen MR) is 112 cm³/mol. The normalized spacial score (nSPS) is 11.9. The highest BCUT2D eigenvalue weighted by Crippen LogP contribution is 2.24. The molecule has 0 saturated carbocycles. The third-order valence-corrected chi connectivity index (χ3v) is 3.94. The Morgan fingerprint density at radius 3 is 2.23 bits per heavy atom. The number of carbonyl (C=O) groups is 3. The van der Waals surface area contributed by atoms with E-state index in [9.17, 15) is 29.6 Å². The van der Waals surface area contributed by atoms with Gasteiger partial charge in [-0.2, -0.15) is 0 Å². The molecule has 0 radical (unpaired) electrons. The zero-order chi connectivity index (χ0) is 23.2. The molecular formula is C21H23N3O7. The number of nitrogens with one attached hydrogen (secondary N) is 1. The molecule has 0 fully saturated rings. The minimum atomic E-state index is -1.53. The van der Waals surface area contributed by atoms with E-state index >= 15 is 0 Å². The van der Waals surface area contributed by atoms with Crippen LogP contribution in [0, 0.1) is 10.1 Å². The van der Waals surface area contributed by atoms with Gasteiger partial charge in [-0.25, -0.2) is 9.69 Å². The van der Waals surface area contributed by atoms with Crippen molar-refractivity contribution in [3.63, 3.8) is 0 Å². The molecule has 31 heavy (non-hydrogen) atoms. The molecule has 0 saturated heterocycles. The van der Waals surface area contributed by atoms with Crippen LogP contribution >= 0.6 is 0 Å². The number of nitro groups is 1. The number of amides is 3. The summed E-state index contributed by atoms with van der Waals surface area (Å²) in [5, 5.41) is 23.3. The van der Waals surface area contributed by atoms with Gasteiger partial charge < -0.3 is 15.2 Å². The number of nitro benzene ring substituents is 1. The Balaban J connectivity index is 2.45. The molecule has 10 heteroatoms. The Hall–Kier alpha value is -3.79. The molecule has 0 spiro atoms. The van der Waals surface area contributed by atoms with Gasteiger partial charge in [0.2, 0.25) is 0 Å². The third kappa shape index (κ3) is 6.09. The monoisotopic (exact) mass is 429 g/mol. The van der Waals surface area contributed by atoms with Gasteiger partial charge in [-0.1, -0.05) is 30.3 Å². The number of para-hydroxylation sites is 2.